The predicted octanol–water partition coefficient (Wildman–Crippen LogP) is 1.59. The second-order valence-electron chi connectivity index (χ2n) is 7.18. The molecule has 0 saturated heterocycles. The molecular formula is C21H25ClN4O4S. The first-order chi connectivity index (χ1) is 14.8. The molecule has 166 valence electrons. The fourth-order valence-corrected chi connectivity index (χ4v) is 3.78. The van der Waals surface area contributed by atoms with Crippen molar-refractivity contribution in [1.29, 1.82) is 0 Å². The number of nitrogens with one attached hydrogen (secondary N) is 1. The third kappa shape index (κ3) is 5.30. The largest absolute Gasteiger partial charge is 0.392 e. The van der Waals surface area contributed by atoms with E-state index in [0.717, 1.165) is 5.56 Å². The van der Waals surface area contributed by atoms with Crippen LogP contribution in [0.2, 0.25) is 5.02 Å². The van der Waals surface area contributed by atoms with Gasteiger partial charge in [-0.05, 0) is 37.1 Å². The predicted molar refractivity (Wildman–Crippen MR) is 121 cm³/mol. The number of hydrogen-bond donors (Lipinski definition) is 2. The zero-order valence-electron chi connectivity index (χ0n) is 17.4. The lowest BCUT2D eigenvalue weighted by Crippen LogP contribution is -2.48. The van der Waals surface area contributed by atoms with E-state index in [1.165, 1.54) is 10.6 Å². The molecule has 1 aromatic heterocycles. The number of likely N-dealkylation sites (N-methyl/N-ethyl adjacent to an activating group) is 1. The number of aromatic nitrogens is 1. The van der Waals surface area contributed by atoms with Gasteiger partial charge in [-0.1, -0.05) is 35.7 Å². The Hall–Kier alpha value is -2.33. The van der Waals surface area contributed by atoms with E-state index in [2.05, 4.69) is 5.32 Å². The summed E-state index contributed by atoms with van der Waals surface area (Å²) in [5.41, 5.74) is 0.628. The minimum Gasteiger partial charge on any atom is -0.392 e. The quantitative estimate of drug-likeness (QED) is 0.576. The Morgan fingerprint density at radius 1 is 1.26 bits per heavy atom. The maximum Gasteiger partial charge on any atom is 0.271 e. The smallest absolute Gasteiger partial charge is 0.271 e. The van der Waals surface area contributed by atoms with E-state index in [1.54, 1.807) is 41.1 Å². The highest BCUT2D eigenvalue weighted by Gasteiger charge is 2.30. The van der Waals surface area contributed by atoms with Crippen molar-refractivity contribution >= 4 is 35.4 Å². The third-order valence-corrected chi connectivity index (χ3v) is 6.29. The second-order valence-corrected chi connectivity index (χ2v) is 8.61. The average Bonchev–Trinajstić information content (AvgIpc) is 2.78. The van der Waals surface area contributed by atoms with Gasteiger partial charge in [0.25, 0.3) is 17.4 Å². The van der Waals surface area contributed by atoms with Crippen molar-refractivity contribution in [3.63, 3.8) is 0 Å². The summed E-state index contributed by atoms with van der Waals surface area (Å²) in [4.78, 5) is 40.3. The zero-order chi connectivity index (χ0) is 22.5. The number of pyridine rings is 1. The highest BCUT2D eigenvalue weighted by Crippen LogP contribution is 2.17. The molecule has 1 aliphatic rings. The van der Waals surface area contributed by atoms with E-state index >= 15 is 0 Å². The van der Waals surface area contributed by atoms with Gasteiger partial charge in [0.1, 0.15) is 11.3 Å². The summed E-state index contributed by atoms with van der Waals surface area (Å²) in [5.74, 6) is -0.864. The number of carbonyl (C=O) groups excluding carboxylic acids is 2. The van der Waals surface area contributed by atoms with E-state index in [9.17, 15) is 19.5 Å². The lowest BCUT2D eigenvalue weighted by Gasteiger charge is -2.32. The average molecular weight is 465 g/mol. The van der Waals surface area contributed by atoms with Crippen LogP contribution in [0.1, 0.15) is 32.0 Å². The molecule has 2 amide bonds. The summed E-state index contributed by atoms with van der Waals surface area (Å²) < 4.78 is 3.32. The van der Waals surface area contributed by atoms with Gasteiger partial charge >= 0.3 is 0 Å². The summed E-state index contributed by atoms with van der Waals surface area (Å²) in [7, 11) is 1.94. The van der Waals surface area contributed by atoms with Gasteiger partial charge in [0, 0.05) is 43.3 Å². The van der Waals surface area contributed by atoms with Gasteiger partial charge in [0.15, 0.2) is 0 Å². The van der Waals surface area contributed by atoms with Crippen LogP contribution in [-0.4, -0.2) is 63.6 Å². The molecule has 0 atom stereocenters. The van der Waals surface area contributed by atoms with E-state index < -0.39 is 18.1 Å². The highest BCUT2D eigenvalue weighted by atomic mass is 35.5. The molecule has 2 heterocycles. The van der Waals surface area contributed by atoms with Crippen molar-refractivity contribution in [1.82, 2.24) is 19.1 Å². The van der Waals surface area contributed by atoms with Gasteiger partial charge in [0.2, 0.25) is 0 Å². The zero-order valence-corrected chi connectivity index (χ0v) is 19.0. The lowest BCUT2D eigenvalue weighted by atomic mass is 10.1. The molecule has 0 spiro atoms. The van der Waals surface area contributed by atoms with Crippen molar-refractivity contribution in [2.24, 2.45) is 0 Å². The minimum absolute atomic E-state index is 0.0925. The molecule has 0 bridgehead atoms. The first-order valence-electron chi connectivity index (χ1n) is 9.80. The molecule has 0 unspecified atom stereocenters. The lowest BCUT2D eigenvalue weighted by molar-refractivity contribution is 0.0689. The van der Waals surface area contributed by atoms with Crippen LogP contribution < -0.4 is 10.9 Å². The topological polar surface area (TPSA) is 94.9 Å². The molecule has 2 N–H and O–H groups in total. The van der Waals surface area contributed by atoms with E-state index in [4.69, 9.17) is 11.6 Å². The monoisotopic (exact) mass is 464 g/mol. The van der Waals surface area contributed by atoms with E-state index in [0.29, 0.717) is 24.7 Å². The summed E-state index contributed by atoms with van der Waals surface area (Å²) in [6.45, 7) is 1.61. The van der Waals surface area contributed by atoms with Crippen LogP contribution in [0.25, 0.3) is 0 Å². The van der Waals surface area contributed by atoms with Crippen LogP contribution in [0.4, 0.5) is 0 Å². The van der Waals surface area contributed by atoms with E-state index in [1.807, 2.05) is 17.6 Å². The van der Waals surface area contributed by atoms with Crippen molar-refractivity contribution in [2.45, 2.75) is 19.7 Å². The van der Waals surface area contributed by atoms with Crippen molar-refractivity contribution in [3.8, 4) is 0 Å². The van der Waals surface area contributed by atoms with Gasteiger partial charge in [-0.3, -0.25) is 18.7 Å². The molecule has 1 aliphatic heterocycles. The third-order valence-electron chi connectivity index (χ3n) is 5.23. The molecule has 2 aromatic rings. The van der Waals surface area contributed by atoms with Crippen LogP contribution in [-0.2, 0) is 19.7 Å². The molecule has 0 saturated carbocycles. The second kappa shape index (κ2) is 10.3. The Balaban J connectivity index is 1.82. The number of nitrogens with zero attached hydrogens (tertiary/aromatic N) is 3. The standard InChI is InChI=1S/C21H25ClN4O4S/c1-24(31-2)7-8-25-9-10-26-18(21(25)30)15(13-27)11-17(20(26)29)19(28)23-12-14-3-5-16(22)6-4-14/h3-6,11,27H,7-10,12-13H2,1-2H3,(H,23,28). The number of rotatable bonds is 8. The first kappa shape index (κ1) is 23.3. The Morgan fingerprint density at radius 2 is 1.97 bits per heavy atom. The van der Waals surface area contributed by atoms with Crippen molar-refractivity contribution < 1.29 is 14.7 Å². The number of hydrogen-bond acceptors (Lipinski definition) is 6. The van der Waals surface area contributed by atoms with Gasteiger partial charge in [-0.15, -0.1) is 0 Å². The number of benzene rings is 1. The molecule has 31 heavy (non-hydrogen) atoms. The number of halogens is 1. The molecule has 0 radical (unpaired) electrons. The van der Waals surface area contributed by atoms with Crippen LogP contribution in [0.5, 0.6) is 0 Å². The highest BCUT2D eigenvalue weighted by molar-refractivity contribution is 7.96. The minimum atomic E-state index is -0.554. The Bertz CT molecular complexity index is 1030. The van der Waals surface area contributed by atoms with Crippen LogP contribution in [0.15, 0.2) is 35.1 Å². The Morgan fingerprint density at radius 3 is 2.61 bits per heavy atom. The number of fused-ring (bicyclic) bond motifs is 1. The normalized spacial score (nSPS) is 13.5. The van der Waals surface area contributed by atoms with Crippen molar-refractivity contribution in [3.05, 3.63) is 68.1 Å². The van der Waals surface area contributed by atoms with Gasteiger partial charge in [-0.25, -0.2) is 0 Å². The first-order valence-corrected chi connectivity index (χ1v) is 11.4. The van der Waals surface area contributed by atoms with Crippen LogP contribution in [0, 0.1) is 0 Å². The number of amides is 2. The Labute approximate surface area is 189 Å². The summed E-state index contributed by atoms with van der Waals surface area (Å²) >= 11 is 7.44. The summed E-state index contributed by atoms with van der Waals surface area (Å²) in [5, 5.41) is 13.1. The molecule has 0 fully saturated rings. The SMILES string of the molecule is CSN(C)CCN1CCn2c(c(CO)cc(C(=O)NCc3ccc(Cl)cc3)c2=O)C1=O. The van der Waals surface area contributed by atoms with Crippen LogP contribution in [0.3, 0.4) is 0 Å². The maximum absolute atomic E-state index is 13.0. The van der Waals surface area contributed by atoms with Gasteiger partial charge in [0.05, 0.1) is 6.61 Å². The Kier molecular flexibility index (Phi) is 7.77. The fraction of sp³-hybridized carbons (Fsp3) is 0.381. The molecule has 3 rings (SSSR count). The van der Waals surface area contributed by atoms with E-state index in [-0.39, 0.29) is 35.8 Å². The number of aliphatic hydroxyl groups excluding tert-OH is 1. The fourth-order valence-electron chi connectivity index (χ4n) is 3.39. The summed E-state index contributed by atoms with van der Waals surface area (Å²) in [6, 6.07) is 8.32. The van der Waals surface area contributed by atoms with Gasteiger partial charge in [-0.2, -0.15) is 0 Å². The molecule has 1 aromatic carbocycles. The van der Waals surface area contributed by atoms with Crippen LogP contribution >= 0.6 is 23.5 Å². The number of carbonyl (C=O) groups is 2. The molecule has 8 nitrogen and oxygen atoms in total. The number of aliphatic hydroxyl groups is 1. The summed E-state index contributed by atoms with van der Waals surface area (Å²) in [6.07, 6.45) is 1.95. The van der Waals surface area contributed by atoms with Crippen molar-refractivity contribution in [2.75, 3.05) is 32.9 Å². The van der Waals surface area contributed by atoms with Gasteiger partial charge < -0.3 is 19.9 Å². The molecule has 10 heteroatoms. The maximum atomic E-state index is 13.0. The molecule has 0 aliphatic carbocycles. The molecular weight excluding hydrogens is 440 g/mol.